The van der Waals surface area contributed by atoms with E-state index < -0.39 is 90.0 Å². The van der Waals surface area contributed by atoms with Crippen LogP contribution in [0.5, 0.6) is 0 Å². The molecule has 0 aromatic heterocycles. The molecule has 0 aromatic rings. The molecule has 16 atom stereocenters. The summed E-state index contributed by atoms with van der Waals surface area (Å²) >= 11 is 0. The van der Waals surface area contributed by atoms with Crippen molar-refractivity contribution in [1.82, 2.24) is 4.90 Å². The molecule has 14 heteroatoms. The maximum Gasteiger partial charge on any atom is 0.329 e. The van der Waals surface area contributed by atoms with Gasteiger partial charge < -0.3 is 49.0 Å². The van der Waals surface area contributed by atoms with Gasteiger partial charge in [0.2, 0.25) is 5.79 Å². The van der Waals surface area contributed by atoms with Gasteiger partial charge in [0.1, 0.15) is 31.0 Å². The van der Waals surface area contributed by atoms with E-state index in [0.717, 1.165) is 12.0 Å². The van der Waals surface area contributed by atoms with Crippen molar-refractivity contribution >= 4 is 23.4 Å². The Kier molecular flexibility index (Phi) is 23.5. The molecule has 1 aliphatic carbocycles. The second-order valence-corrected chi connectivity index (χ2v) is 20.6. The van der Waals surface area contributed by atoms with Crippen molar-refractivity contribution in [2.24, 2.45) is 35.5 Å². The average Bonchev–Trinajstić information content (AvgIpc) is 3.32. The van der Waals surface area contributed by atoms with Gasteiger partial charge in [-0.15, -0.1) is 5.92 Å². The van der Waals surface area contributed by atoms with Crippen molar-refractivity contribution in [2.75, 3.05) is 27.4 Å². The molecule has 3 fully saturated rings. The quantitative estimate of drug-likeness (QED) is 0.0905. The molecule has 4 aliphatic rings. The zero-order valence-corrected chi connectivity index (χ0v) is 43.1. The van der Waals surface area contributed by atoms with E-state index in [1.54, 1.807) is 34.0 Å². The first-order chi connectivity index (χ1) is 32.7. The first-order valence-corrected chi connectivity index (χ1v) is 25.6. The predicted molar refractivity (Wildman–Crippen MR) is 263 cm³/mol. The fourth-order valence-electron chi connectivity index (χ4n) is 10.5. The normalized spacial score (nSPS) is 39.6. The molecule has 1 saturated carbocycles. The Morgan fingerprint density at radius 3 is 2.29 bits per heavy atom. The van der Waals surface area contributed by atoms with Crippen LogP contribution >= 0.6 is 0 Å². The molecule has 4 rings (SSSR count). The number of hydrogen-bond donors (Lipinski definition) is 4. The highest BCUT2D eigenvalue weighted by atomic mass is 16.6. The van der Waals surface area contributed by atoms with Crippen LogP contribution in [-0.2, 0) is 42.9 Å². The molecule has 0 aromatic carbocycles. The van der Waals surface area contributed by atoms with Crippen molar-refractivity contribution in [1.29, 1.82) is 0 Å². The monoisotopic (exact) mass is 968 g/mol. The van der Waals surface area contributed by atoms with Gasteiger partial charge in [0.25, 0.3) is 11.7 Å². The van der Waals surface area contributed by atoms with E-state index >= 15 is 0 Å². The third-order valence-electron chi connectivity index (χ3n) is 15.0. The second kappa shape index (κ2) is 27.9. The summed E-state index contributed by atoms with van der Waals surface area (Å²) < 4.78 is 30.0. The molecular weight excluding hydrogens is 883 g/mol. The van der Waals surface area contributed by atoms with E-state index in [9.17, 15) is 39.6 Å². The van der Waals surface area contributed by atoms with Gasteiger partial charge in [-0.1, -0.05) is 83.9 Å². The second-order valence-electron chi connectivity index (χ2n) is 20.6. The Morgan fingerprint density at radius 1 is 0.855 bits per heavy atom. The number of cyclic esters (lactones) is 1. The van der Waals surface area contributed by atoms with Gasteiger partial charge in [0, 0.05) is 57.8 Å². The summed E-state index contributed by atoms with van der Waals surface area (Å²) in [5.74, 6) is -1.37. The number of methoxy groups -OCH3 is 2. The number of ketones is 2. The largest absolute Gasteiger partial charge is 0.460 e. The smallest absolute Gasteiger partial charge is 0.329 e. The lowest BCUT2D eigenvalue weighted by Gasteiger charge is -2.43. The third-order valence-corrected chi connectivity index (χ3v) is 15.0. The highest BCUT2D eigenvalue weighted by Crippen LogP contribution is 2.38. The van der Waals surface area contributed by atoms with Gasteiger partial charge in [-0.3, -0.25) is 14.4 Å². The lowest BCUT2D eigenvalue weighted by molar-refractivity contribution is -0.265. The number of allylic oxidation sites excluding steroid dienone is 5. The standard InChI is InChI=1S/C55H85NO13/c1-11-12-18-27-67-46-32-42-24-22-40(8)55(64,69-42)52(61)53(62)56-26-17-16-21-43(56)54(63)68-47(37(5)30-41-23-25-44(57)48(31-41)65-9)33-45(58)36(4)29-39(7)50(60)51(66-10)49(59)38(6)28-34(2)19-14-13-15-20-35(46)3/h13-15,19-20,29,34,36-38,40-48,50-51,57-58,60,64H,11,16-17,21-28,30-33H2,1-10H3/b15-13+,19-14-,35-20+,39-29+/t34-,36+,37+,38+,40+,41+,42-,43-,44+,45-,46-,47-,48+,50+,51-,55+/m0/s1. The van der Waals surface area contributed by atoms with Gasteiger partial charge >= 0.3 is 5.97 Å². The van der Waals surface area contributed by atoms with Gasteiger partial charge in [0.05, 0.1) is 30.5 Å². The minimum Gasteiger partial charge on any atom is -0.460 e. The highest BCUT2D eigenvalue weighted by molar-refractivity contribution is 6.39. The Morgan fingerprint density at radius 2 is 1.59 bits per heavy atom. The van der Waals surface area contributed by atoms with Crippen LogP contribution < -0.4 is 0 Å². The van der Waals surface area contributed by atoms with Crippen LogP contribution in [-0.4, -0.2) is 137 Å². The molecule has 1 amide bonds. The Labute approximate surface area is 412 Å². The summed E-state index contributed by atoms with van der Waals surface area (Å²) in [5.41, 5.74) is 1.30. The van der Waals surface area contributed by atoms with Gasteiger partial charge in [-0.05, 0) is 107 Å². The Hall–Kier alpha value is -3.52. The third kappa shape index (κ3) is 16.2. The highest BCUT2D eigenvalue weighted by Gasteiger charge is 2.53. The van der Waals surface area contributed by atoms with Crippen LogP contribution in [0.1, 0.15) is 139 Å². The van der Waals surface area contributed by atoms with Gasteiger partial charge in [-0.2, -0.15) is 0 Å². The predicted octanol–water partition coefficient (Wildman–Crippen LogP) is 6.76. The van der Waals surface area contributed by atoms with Gasteiger partial charge in [-0.25, -0.2) is 4.79 Å². The summed E-state index contributed by atoms with van der Waals surface area (Å²) in [6.07, 6.45) is 11.2. The van der Waals surface area contributed by atoms with Crippen LogP contribution in [0, 0.1) is 47.3 Å². The summed E-state index contributed by atoms with van der Waals surface area (Å²) in [6, 6.07) is -1.12. The summed E-state index contributed by atoms with van der Waals surface area (Å²) in [5, 5.41) is 45.9. The Bertz CT molecular complexity index is 1880. The molecule has 2 bridgehead atoms. The van der Waals surface area contributed by atoms with Crippen LogP contribution in [0.4, 0.5) is 0 Å². The van der Waals surface area contributed by atoms with E-state index in [1.807, 2.05) is 65.0 Å². The molecule has 0 radical (unpaired) electrons. The number of carbonyl (C=O) groups is 4. The van der Waals surface area contributed by atoms with Crippen LogP contribution in [0.15, 0.2) is 47.6 Å². The molecule has 69 heavy (non-hydrogen) atoms. The lowest BCUT2D eigenvalue weighted by atomic mass is 9.78. The zero-order valence-electron chi connectivity index (χ0n) is 43.1. The maximum absolute atomic E-state index is 14.5. The molecular formula is C55H85NO13. The molecule has 14 nitrogen and oxygen atoms in total. The number of aliphatic hydroxyl groups is 4. The summed E-state index contributed by atoms with van der Waals surface area (Å²) in [6.45, 7) is 15.1. The van der Waals surface area contributed by atoms with Crippen molar-refractivity contribution in [2.45, 2.75) is 200 Å². The number of nitrogens with zero attached hydrogens (tertiary/aromatic N) is 1. The maximum atomic E-state index is 14.5. The molecule has 0 unspecified atom stereocenters. The van der Waals surface area contributed by atoms with Crippen LogP contribution in [0.3, 0.4) is 0 Å². The van der Waals surface area contributed by atoms with Crippen molar-refractivity contribution in [3.05, 3.63) is 47.6 Å². The number of carbonyl (C=O) groups excluding carboxylic acids is 4. The molecule has 2 saturated heterocycles. The number of aliphatic hydroxyl groups excluding tert-OH is 3. The molecule has 3 aliphatic heterocycles. The fourth-order valence-corrected chi connectivity index (χ4v) is 10.5. The van der Waals surface area contributed by atoms with E-state index in [0.29, 0.717) is 63.4 Å². The number of Topliss-reactive ketones (excluding diaryl/α,β-unsaturated/α-hetero) is 2. The number of amides is 1. The van der Waals surface area contributed by atoms with E-state index in [-0.39, 0.29) is 62.1 Å². The molecule has 0 spiro atoms. The number of esters is 1. The number of ether oxygens (including phenoxy) is 5. The van der Waals surface area contributed by atoms with E-state index in [1.165, 1.54) is 12.0 Å². The van der Waals surface area contributed by atoms with Crippen LogP contribution in [0.2, 0.25) is 0 Å². The van der Waals surface area contributed by atoms with E-state index in [4.69, 9.17) is 23.7 Å². The SMILES string of the molecule is CCC#CCO[C@H]1C[C@@H]2CC[C@@H](C)[C@@](O)(O2)C(=O)C(=O)N2CCCC[C@H]2C(=O)O[C@H]([C@H](C)C[C@H]2CC[C@@H](O)[C@H](OC)C2)C[C@H](O)[C@H](C)/C=C(\C)[C@@H](O)[C@@H](OC)C(=O)[C@H](C)C[C@@H](C)\C=C/C=C/C=C/1C. The van der Waals surface area contributed by atoms with Crippen molar-refractivity contribution in [3.63, 3.8) is 0 Å². The Balaban J connectivity index is 1.72. The summed E-state index contributed by atoms with van der Waals surface area (Å²) in [4.78, 5) is 58.2. The number of rotatable bonds is 7. The minimum atomic E-state index is -2.45. The summed E-state index contributed by atoms with van der Waals surface area (Å²) in [7, 11) is 2.97. The molecule has 4 N–H and O–H groups in total. The lowest BCUT2D eigenvalue weighted by Crippen LogP contribution is -2.61. The van der Waals surface area contributed by atoms with Crippen molar-refractivity contribution < 1.29 is 63.3 Å². The van der Waals surface area contributed by atoms with Crippen molar-refractivity contribution in [3.8, 4) is 11.8 Å². The number of hydrogen-bond acceptors (Lipinski definition) is 13. The first-order valence-electron chi connectivity index (χ1n) is 25.6. The topological polar surface area (TPSA) is 199 Å². The molecule has 3 heterocycles. The average molecular weight is 968 g/mol. The van der Waals surface area contributed by atoms with Crippen LogP contribution in [0.25, 0.3) is 0 Å². The number of piperidine rings is 1. The minimum absolute atomic E-state index is 0.0118. The fraction of sp³-hybridized carbons (Fsp3) is 0.745. The molecule has 388 valence electrons. The zero-order chi connectivity index (χ0) is 51.0. The van der Waals surface area contributed by atoms with Gasteiger partial charge in [0.15, 0.2) is 5.78 Å². The first kappa shape index (κ1) is 58.1. The number of fused-ring (bicyclic) bond motifs is 3. The van der Waals surface area contributed by atoms with E-state index in [2.05, 4.69) is 11.8 Å².